The molecule has 1 amide bonds. The summed E-state index contributed by atoms with van der Waals surface area (Å²) >= 11 is 1.26. The lowest BCUT2D eigenvalue weighted by molar-refractivity contribution is -0.116. The fourth-order valence-electron chi connectivity index (χ4n) is 3.01. The summed E-state index contributed by atoms with van der Waals surface area (Å²) in [4.78, 5) is 36.5. The van der Waals surface area contributed by atoms with Crippen molar-refractivity contribution in [3.63, 3.8) is 0 Å². The van der Waals surface area contributed by atoms with Crippen LogP contribution in [0.2, 0.25) is 0 Å². The molecule has 1 aliphatic heterocycles. The van der Waals surface area contributed by atoms with Gasteiger partial charge in [-0.15, -0.1) is 0 Å². The van der Waals surface area contributed by atoms with Crippen molar-refractivity contribution < 1.29 is 4.79 Å². The Balaban J connectivity index is 1.51. The van der Waals surface area contributed by atoms with Crippen LogP contribution >= 0.6 is 11.8 Å². The molecule has 6 nitrogen and oxygen atoms in total. The summed E-state index contributed by atoms with van der Waals surface area (Å²) in [6, 6.07) is 9.78. The molecule has 3 heterocycles. The van der Waals surface area contributed by atoms with Gasteiger partial charge in [0.05, 0.1) is 11.3 Å². The zero-order chi connectivity index (χ0) is 16.7. The van der Waals surface area contributed by atoms with Crippen LogP contribution < -0.4 is 10.5 Å². The number of carbonyl (C=O) groups is 1. The number of aromatic amines is 2. The number of fused-ring (bicyclic) bond motifs is 2. The highest BCUT2D eigenvalue weighted by atomic mass is 32.2. The Labute approximate surface area is 142 Å². The highest BCUT2D eigenvalue weighted by molar-refractivity contribution is 7.99. The third-order valence-electron chi connectivity index (χ3n) is 4.12. The van der Waals surface area contributed by atoms with E-state index in [0.29, 0.717) is 22.7 Å². The van der Waals surface area contributed by atoms with E-state index in [0.717, 1.165) is 17.8 Å². The molecule has 0 aliphatic carbocycles. The lowest BCUT2D eigenvalue weighted by Gasteiger charge is -2.16. The Kier molecular flexibility index (Phi) is 3.65. The average Bonchev–Trinajstić information content (AvgIpc) is 3.16. The second kappa shape index (κ2) is 5.83. The van der Waals surface area contributed by atoms with Crippen molar-refractivity contribution in [2.75, 3.05) is 17.2 Å². The molecule has 0 spiro atoms. The van der Waals surface area contributed by atoms with E-state index in [1.54, 1.807) is 4.90 Å². The molecule has 0 saturated heterocycles. The van der Waals surface area contributed by atoms with Gasteiger partial charge in [-0.1, -0.05) is 30.0 Å². The van der Waals surface area contributed by atoms with E-state index in [1.165, 1.54) is 17.3 Å². The first-order chi connectivity index (χ1) is 11.6. The lowest BCUT2D eigenvalue weighted by Crippen LogP contribution is -2.30. The van der Waals surface area contributed by atoms with Gasteiger partial charge >= 0.3 is 0 Å². The van der Waals surface area contributed by atoms with E-state index >= 15 is 0 Å². The first-order valence-corrected chi connectivity index (χ1v) is 8.71. The summed E-state index contributed by atoms with van der Waals surface area (Å²) in [7, 11) is 0. The summed E-state index contributed by atoms with van der Waals surface area (Å²) in [5.41, 5.74) is 3.95. The maximum Gasteiger partial charge on any atom is 0.275 e. The summed E-state index contributed by atoms with van der Waals surface area (Å²) in [6.45, 7) is 2.58. The fourth-order valence-corrected chi connectivity index (χ4v) is 3.75. The van der Waals surface area contributed by atoms with Crippen LogP contribution in [0.5, 0.6) is 0 Å². The van der Waals surface area contributed by atoms with E-state index < -0.39 is 0 Å². The SMILES string of the molecule is Cc1cc2nc(SCC(=O)N3CCc4ccccc43)[nH]c(=O)c2[nH]1. The summed E-state index contributed by atoms with van der Waals surface area (Å²) in [6.07, 6.45) is 0.885. The van der Waals surface area contributed by atoms with Gasteiger partial charge in [0.15, 0.2) is 5.16 Å². The molecule has 0 bridgehead atoms. The summed E-state index contributed by atoms with van der Waals surface area (Å²) < 4.78 is 0. The molecule has 0 atom stereocenters. The Hall–Kier alpha value is -2.54. The molecule has 4 rings (SSSR count). The lowest BCUT2D eigenvalue weighted by atomic mass is 10.2. The number of aryl methyl sites for hydroxylation is 1. The molecule has 2 aromatic heterocycles. The van der Waals surface area contributed by atoms with E-state index in [-0.39, 0.29) is 17.2 Å². The maximum absolute atomic E-state index is 12.5. The quantitative estimate of drug-likeness (QED) is 0.566. The van der Waals surface area contributed by atoms with Crippen LogP contribution in [0.3, 0.4) is 0 Å². The van der Waals surface area contributed by atoms with Gasteiger partial charge in [0.25, 0.3) is 5.56 Å². The zero-order valence-electron chi connectivity index (χ0n) is 13.1. The van der Waals surface area contributed by atoms with Gasteiger partial charge in [-0.2, -0.15) is 0 Å². The molecule has 0 fully saturated rings. The molecule has 0 unspecified atom stereocenters. The van der Waals surface area contributed by atoms with Crippen molar-refractivity contribution in [1.29, 1.82) is 0 Å². The maximum atomic E-state index is 12.5. The van der Waals surface area contributed by atoms with E-state index in [1.807, 2.05) is 31.2 Å². The second-order valence-corrected chi connectivity index (χ2v) is 6.76. The molecule has 24 heavy (non-hydrogen) atoms. The van der Waals surface area contributed by atoms with Gasteiger partial charge in [-0.05, 0) is 31.0 Å². The highest BCUT2D eigenvalue weighted by Gasteiger charge is 2.24. The highest BCUT2D eigenvalue weighted by Crippen LogP contribution is 2.28. The third-order valence-corrected chi connectivity index (χ3v) is 4.98. The molecule has 0 saturated carbocycles. The molecular weight excluding hydrogens is 324 g/mol. The minimum atomic E-state index is -0.213. The minimum Gasteiger partial charge on any atom is -0.353 e. The van der Waals surface area contributed by atoms with Crippen LogP contribution in [-0.2, 0) is 11.2 Å². The largest absolute Gasteiger partial charge is 0.353 e. The minimum absolute atomic E-state index is 0.0259. The number of nitrogens with zero attached hydrogens (tertiary/aromatic N) is 2. The predicted octanol–water partition coefficient (Wildman–Crippen LogP) is 2.24. The number of para-hydroxylation sites is 1. The van der Waals surface area contributed by atoms with Crippen LogP contribution in [0.4, 0.5) is 5.69 Å². The first kappa shape index (κ1) is 15.0. The van der Waals surface area contributed by atoms with E-state index in [9.17, 15) is 9.59 Å². The van der Waals surface area contributed by atoms with E-state index in [2.05, 4.69) is 21.0 Å². The first-order valence-electron chi connectivity index (χ1n) is 7.72. The normalized spacial score (nSPS) is 13.5. The van der Waals surface area contributed by atoms with Crippen molar-refractivity contribution in [1.82, 2.24) is 15.0 Å². The van der Waals surface area contributed by atoms with Crippen LogP contribution in [0.25, 0.3) is 11.0 Å². The van der Waals surface area contributed by atoms with Gasteiger partial charge in [-0.25, -0.2) is 4.98 Å². The summed E-state index contributed by atoms with van der Waals surface area (Å²) in [5, 5.41) is 0.465. The number of hydrogen-bond acceptors (Lipinski definition) is 4. The molecule has 0 radical (unpaired) electrons. The number of carbonyl (C=O) groups excluding carboxylic acids is 1. The number of aromatic nitrogens is 3. The fraction of sp³-hybridized carbons (Fsp3) is 0.235. The Morgan fingerprint density at radius 3 is 3.04 bits per heavy atom. The average molecular weight is 340 g/mol. The van der Waals surface area contributed by atoms with Gasteiger partial charge in [0.1, 0.15) is 5.52 Å². The molecule has 3 aromatic rings. The van der Waals surface area contributed by atoms with Crippen molar-refractivity contribution in [2.24, 2.45) is 0 Å². The predicted molar refractivity (Wildman–Crippen MR) is 94.7 cm³/mol. The van der Waals surface area contributed by atoms with Crippen LogP contribution in [0.1, 0.15) is 11.3 Å². The zero-order valence-corrected chi connectivity index (χ0v) is 13.9. The number of rotatable bonds is 3. The smallest absolute Gasteiger partial charge is 0.275 e. The van der Waals surface area contributed by atoms with Gasteiger partial charge in [-0.3, -0.25) is 14.6 Å². The van der Waals surface area contributed by atoms with Crippen molar-refractivity contribution >= 4 is 34.4 Å². The van der Waals surface area contributed by atoms with Crippen LogP contribution in [0.15, 0.2) is 40.3 Å². The number of thioether (sulfide) groups is 1. The van der Waals surface area contributed by atoms with Crippen molar-refractivity contribution in [2.45, 2.75) is 18.5 Å². The Morgan fingerprint density at radius 2 is 2.17 bits per heavy atom. The molecular formula is C17H16N4O2S. The Morgan fingerprint density at radius 1 is 1.33 bits per heavy atom. The molecule has 1 aromatic carbocycles. The topological polar surface area (TPSA) is 81.8 Å². The molecule has 122 valence electrons. The van der Waals surface area contributed by atoms with Gasteiger partial charge in [0, 0.05) is 17.9 Å². The van der Waals surface area contributed by atoms with Crippen molar-refractivity contribution in [3.05, 3.63) is 51.9 Å². The number of hydrogen-bond donors (Lipinski definition) is 2. The van der Waals surface area contributed by atoms with Crippen LogP contribution in [-0.4, -0.2) is 33.2 Å². The standard InChI is InChI=1S/C17H16N4O2S/c1-10-8-12-15(18-10)16(23)20-17(19-12)24-9-14(22)21-7-6-11-4-2-3-5-13(11)21/h2-5,8,18H,6-7,9H2,1H3,(H,19,20,23). The van der Waals surface area contributed by atoms with E-state index in [4.69, 9.17) is 0 Å². The Bertz CT molecular complexity index is 992. The number of benzene rings is 1. The number of amides is 1. The molecule has 1 aliphatic rings. The number of H-pyrrole nitrogens is 2. The van der Waals surface area contributed by atoms with Crippen LogP contribution in [0, 0.1) is 6.92 Å². The monoisotopic (exact) mass is 340 g/mol. The number of nitrogens with one attached hydrogen (secondary N) is 2. The second-order valence-electron chi connectivity index (χ2n) is 5.80. The van der Waals surface area contributed by atoms with Gasteiger partial charge in [0.2, 0.25) is 5.91 Å². The molecule has 2 N–H and O–H groups in total. The van der Waals surface area contributed by atoms with Crippen molar-refractivity contribution in [3.8, 4) is 0 Å². The number of anilines is 1. The third kappa shape index (κ3) is 2.60. The van der Waals surface area contributed by atoms with Gasteiger partial charge < -0.3 is 9.88 Å². The molecule has 7 heteroatoms. The summed E-state index contributed by atoms with van der Waals surface area (Å²) in [5.74, 6) is 0.268.